The molecule has 2 heteroatoms. The summed E-state index contributed by atoms with van der Waals surface area (Å²) >= 11 is 0. The molecule has 2 saturated heterocycles. The Morgan fingerprint density at radius 2 is 1.94 bits per heavy atom. The summed E-state index contributed by atoms with van der Waals surface area (Å²) in [5.41, 5.74) is 1.45. The predicted molar refractivity (Wildman–Crippen MR) is 70.9 cm³/mol. The van der Waals surface area contributed by atoms with Gasteiger partial charge in [-0.05, 0) is 31.4 Å². The molecule has 1 aromatic rings. The molecule has 2 heterocycles. The molecule has 0 spiro atoms. The van der Waals surface area contributed by atoms with Crippen LogP contribution in [0.1, 0.15) is 18.9 Å². The fourth-order valence-corrected chi connectivity index (χ4v) is 3.31. The molecule has 3 rings (SSSR count). The maximum Gasteiger partial charge on any atom is 0.0234 e. The van der Waals surface area contributed by atoms with Crippen molar-refractivity contribution < 1.29 is 0 Å². The van der Waals surface area contributed by atoms with Gasteiger partial charge in [0.2, 0.25) is 0 Å². The Hall–Kier alpha value is -0.860. The molecule has 3 atom stereocenters. The van der Waals surface area contributed by atoms with Gasteiger partial charge in [-0.15, -0.1) is 0 Å². The fraction of sp³-hybridized carbons (Fsp3) is 0.600. The van der Waals surface area contributed by atoms with Gasteiger partial charge in [0.15, 0.2) is 0 Å². The van der Waals surface area contributed by atoms with Gasteiger partial charge in [-0.25, -0.2) is 0 Å². The minimum absolute atomic E-state index is 0.728. The average Bonchev–Trinajstić information content (AvgIpc) is 2.72. The summed E-state index contributed by atoms with van der Waals surface area (Å²) in [5, 5.41) is 0. The molecule has 2 nitrogen and oxygen atoms in total. The Balaban J connectivity index is 1.68. The van der Waals surface area contributed by atoms with E-state index in [-0.39, 0.29) is 0 Å². The van der Waals surface area contributed by atoms with E-state index >= 15 is 0 Å². The van der Waals surface area contributed by atoms with Crippen LogP contribution in [0.2, 0.25) is 0 Å². The predicted octanol–water partition coefficient (Wildman–Crippen LogP) is 2.21. The van der Waals surface area contributed by atoms with Gasteiger partial charge in [-0.2, -0.15) is 0 Å². The van der Waals surface area contributed by atoms with Crippen molar-refractivity contribution in [2.45, 2.75) is 25.9 Å². The molecule has 1 aromatic carbocycles. The maximum atomic E-state index is 2.66. The van der Waals surface area contributed by atoms with Crippen LogP contribution in [0.4, 0.5) is 0 Å². The van der Waals surface area contributed by atoms with Crippen LogP contribution in [-0.2, 0) is 6.54 Å². The normalized spacial score (nSPS) is 33.6. The second-order valence-corrected chi connectivity index (χ2v) is 5.68. The molecule has 0 amide bonds. The lowest BCUT2D eigenvalue weighted by molar-refractivity contribution is 0.184. The number of rotatable bonds is 2. The Kier molecular flexibility index (Phi) is 3.17. The monoisotopic (exact) mass is 230 g/mol. The number of nitrogens with zero attached hydrogens (tertiary/aromatic N) is 2. The Morgan fingerprint density at radius 3 is 2.76 bits per heavy atom. The lowest BCUT2D eigenvalue weighted by Crippen LogP contribution is -2.39. The van der Waals surface area contributed by atoms with Gasteiger partial charge >= 0.3 is 0 Å². The number of benzene rings is 1. The highest BCUT2D eigenvalue weighted by Crippen LogP contribution is 2.24. The van der Waals surface area contributed by atoms with Gasteiger partial charge in [0, 0.05) is 32.2 Å². The molecule has 0 aromatic heterocycles. The Morgan fingerprint density at radius 1 is 1.12 bits per heavy atom. The van der Waals surface area contributed by atoms with Crippen molar-refractivity contribution >= 4 is 0 Å². The minimum Gasteiger partial charge on any atom is -0.299 e. The summed E-state index contributed by atoms with van der Waals surface area (Å²) in [6, 6.07) is 11.6. The standard InChI is InChI=1S/C15H22N2/c1-13-9-16(10-14-5-3-2-4-6-14)11-15-7-8-17(13)12-15/h2-6,13,15H,7-12H2,1H3. The third kappa shape index (κ3) is 2.53. The fourth-order valence-electron chi connectivity index (χ4n) is 3.31. The van der Waals surface area contributed by atoms with E-state index < -0.39 is 0 Å². The molecule has 0 saturated carbocycles. The van der Waals surface area contributed by atoms with Crippen LogP contribution in [0.5, 0.6) is 0 Å². The molecule has 2 aliphatic heterocycles. The summed E-state index contributed by atoms with van der Waals surface area (Å²) < 4.78 is 0. The first-order chi connectivity index (χ1) is 8.31. The molecule has 0 aliphatic carbocycles. The second-order valence-electron chi connectivity index (χ2n) is 5.68. The van der Waals surface area contributed by atoms with E-state index in [9.17, 15) is 0 Å². The molecule has 3 unspecified atom stereocenters. The minimum atomic E-state index is 0.728. The zero-order valence-electron chi connectivity index (χ0n) is 10.7. The highest BCUT2D eigenvalue weighted by atomic mass is 15.3. The third-order valence-corrected chi connectivity index (χ3v) is 4.23. The van der Waals surface area contributed by atoms with E-state index in [1.54, 1.807) is 0 Å². The Labute approximate surface area is 104 Å². The molecular formula is C15H22N2. The van der Waals surface area contributed by atoms with Crippen LogP contribution in [0, 0.1) is 5.92 Å². The lowest BCUT2D eigenvalue weighted by Gasteiger charge is -2.29. The molecule has 17 heavy (non-hydrogen) atoms. The first kappa shape index (κ1) is 11.2. The molecule has 92 valence electrons. The summed E-state index contributed by atoms with van der Waals surface area (Å²) in [6.45, 7) is 8.67. The van der Waals surface area contributed by atoms with Crippen molar-refractivity contribution in [3.8, 4) is 0 Å². The van der Waals surface area contributed by atoms with Crippen molar-refractivity contribution in [2.75, 3.05) is 26.2 Å². The summed E-state index contributed by atoms with van der Waals surface area (Å²) in [6.07, 6.45) is 1.40. The first-order valence-corrected chi connectivity index (χ1v) is 6.81. The van der Waals surface area contributed by atoms with E-state index in [0.29, 0.717) is 0 Å². The van der Waals surface area contributed by atoms with E-state index in [0.717, 1.165) is 18.5 Å². The summed E-state index contributed by atoms with van der Waals surface area (Å²) in [7, 11) is 0. The smallest absolute Gasteiger partial charge is 0.0234 e. The van der Waals surface area contributed by atoms with Crippen LogP contribution < -0.4 is 0 Å². The second kappa shape index (κ2) is 4.79. The van der Waals surface area contributed by atoms with Crippen LogP contribution in [0.25, 0.3) is 0 Å². The molecular weight excluding hydrogens is 208 g/mol. The molecule has 0 N–H and O–H groups in total. The molecule has 2 aliphatic rings. The zero-order chi connectivity index (χ0) is 11.7. The van der Waals surface area contributed by atoms with E-state index in [1.165, 1.54) is 38.2 Å². The first-order valence-electron chi connectivity index (χ1n) is 6.81. The third-order valence-electron chi connectivity index (χ3n) is 4.23. The molecule has 0 radical (unpaired) electrons. The molecule has 2 bridgehead atoms. The van der Waals surface area contributed by atoms with Crippen molar-refractivity contribution in [3.63, 3.8) is 0 Å². The quantitative estimate of drug-likeness (QED) is 0.768. The van der Waals surface area contributed by atoms with Gasteiger partial charge in [-0.3, -0.25) is 9.80 Å². The summed E-state index contributed by atoms with van der Waals surface area (Å²) in [4.78, 5) is 5.31. The van der Waals surface area contributed by atoms with Gasteiger partial charge in [0.1, 0.15) is 0 Å². The Bertz CT molecular complexity index is 360. The van der Waals surface area contributed by atoms with E-state index in [1.807, 2.05) is 0 Å². The molecule has 2 fully saturated rings. The van der Waals surface area contributed by atoms with Crippen LogP contribution in [0.15, 0.2) is 30.3 Å². The van der Waals surface area contributed by atoms with Gasteiger partial charge in [-0.1, -0.05) is 30.3 Å². The summed E-state index contributed by atoms with van der Waals surface area (Å²) in [5.74, 6) is 0.906. The number of fused-ring (bicyclic) bond motifs is 2. The average molecular weight is 230 g/mol. The zero-order valence-corrected chi connectivity index (χ0v) is 10.7. The largest absolute Gasteiger partial charge is 0.299 e. The van der Waals surface area contributed by atoms with Crippen LogP contribution >= 0.6 is 0 Å². The van der Waals surface area contributed by atoms with Gasteiger partial charge in [0.25, 0.3) is 0 Å². The highest BCUT2D eigenvalue weighted by Gasteiger charge is 2.32. The van der Waals surface area contributed by atoms with Gasteiger partial charge in [0.05, 0.1) is 0 Å². The van der Waals surface area contributed by atoms with Crippen molar-refractivity contribution in [2.24, 2.45) is 5.92 Å². The van der Waals surface area contributed by atoms with Crippen LogP contribution in [0.3, 0.4) is 0 Å². The van der Waals surface area contributed by atoms with Gasteiger partial charge < -0.3 is 0 Å². The number of hydrogen-bond donors (Lipinski definition) is 0. The van der Waals surface area contributed by atoms with Crippen molar-refractivity contribution in [1.82, 2.24) is 9.80 Å². The number of hydrogen-bond acceptors (Lipinski definition) is 2. The highest BCUT2D eigenvalue weighted by molar-refractivity contribution is 5.14. The van der Waals surface area contributed by atoms with Crippen LogP contribution in [-0.4, -0.2) is 42.0 Å². The van der Waals surface area contributed by atoms with Crippen molar-refractivity contribution in [3.05, 3.63) is 35.9 Å². The van der Waals surface area contributed by atoms with E-state index in [4.69, 9.17) is 0 Å². The maximum absolute atomic E-state index is 2.66. The van der Waals surface area contributed by atoms with E-state index in [2.05, 4.69) is 47.1 Å². The topological polar surface area (TPSA) is 6.48 Å². The van der Waals surface area contributed by atoms with Crippen molar-refractivity contribution in [1.29, 1.82) is 0 Å². The SMILES string of the molecule is CC1CN(Cc2ccccc2)CC2CCN1C2. The lowest BCUT2D eigenvalue weighted by atomic mass is 10.1.